The molecule has 268 valence electrons. The molecule has 0 aromatic rings. The third-order valence-electron chi connectivity index (χ3n) is 9.03. The van der Waals surface area contributed by atoms with E-state index in [0.29, 0.717) is 19.4 Å². The van der Waals surface area contributed by atoms with Crippen molar-refractivity contribution in [1.82, 2.24) is 20.4 Å². The van der Waals surface area contributed by atoms with Gasteiger partial charge in [0.1, 0.15) is 12.1 Å². The number of carbonyl (C=O) groups is 5. The molecule has 46 heavy (non-hydrogen) atoms. The minimum absolute atomic E-state index is 0.00774. The van der Waals surface area contributed by atoms with E-state index in [9.17, 15) is 24.0 Å². The standard InChI is InChI=1S/C34H65N5O7/c1-14-23(8)30(26(46-13)19-27(40)36-18-16-15-17-25(45-12)24(9)31(35)41)39(11)34(44)28(20(2)3)37-32(42)29(21(4)5)38(10)33(43)22(6)7/h20-26,28-30H,14-19H2,1-13H3,(H2,35,41)(H,36,40)(H,37,42)/t23-,24+,25-,26+,28-,29-,30-/m0/s1. The fourth-order valence-corrected chi connectivity index (χ4v) is 5.88. The molecule has 0 rings (SSSR count). The first-order chi connectivity index (χ1) is 21.4. The van der Waals surface area contributed by atoms with Crippen LogP contribution in [0.25, 0.3) is 0 Å². The molecule has 0 spiro atoms. The van der Waals surface area contributed by atoms with Gasteiger partial charge in [0.25, 0.3) is 0 Å². The Balaban J connectivity index is 5.69. The highest BCUT2D eigenvalue weighted by Gasteiger charge is 2.39. The van der Waals surface area contributed by atoms with Gasteiger partial charge in [-0.1, -0.05) is 68.7 Å². The van der Waals surface area contributed by atoms with Gasteiger partial charge in [0, 0.05) is 40.8 Å². The van der Waals surface area contributed by atoms with Gasteiger partial charge < -0.3 is 35.6 Å². The van der Waals surface area contributed by atoms with E-state index in [4.69, 9.17) is 15.2 Å². The van der Waals surface area contributed by atoms with Gasteiger partial charge >= 0.3 is 0 Å². The average molecular weight is 656 g/mol. The lowest BCUT2D eigenvalue weighted by atomic mass is 9.89. The van der Waals surface area contributed by atoms with Crippen molar-refractivity contribution in [2.24, 2.45) is 35.3 Å². The Morgan fingerprint density at radius 2 is 1.35 bits per heavy atom. The van der Waals surface area contributed by atoms with E-state index in [2.05, 4.69) is 10.6 Å². The fraction of sp³-hybridized carbons (Fsp3) is 0.853. The van der Waals surface area contributed by atoms with Crippen LogP contribution in [0.4, 0.5) is 0 Å². The molecule has 0 unspecified atom stereocenters. The summed E-state index contributed by atoms with van der Waals surface area (Å²) in [4.78, 5) is 67.9. The van der Waals surface area contributed by atoms with Crippen molar-refractivity contribution in [2.75, 3.05) is 34.9 Å². The van der Waals surface area contributed by atoms with E-state index in [1.807, 2.05) is 41.5 Å². The second kappa shape index (κ2) is 21.2. The molecule has 7 atom stereocenters. The highest BCUT2D eigenvalue weighted by Crippen LogP contribution is 2.24. The molecule has 12 nitrogen and oxygen atoms in total. The Morgan fingerprint density at radius 1 is 0.783 bits per heavy atom. The van der Waals surface area contributed by atoms with Gasteiger partial charge in [0.15, 0.2) is 0 Å². The molecule has 5 amide bonds. The Bertz CT molecular complexity index is 974. The van der Waals surface area contributed by atoms with Crippen molar-refractivity contribution < 1.29 is 33.4 Å². The van der Waals surface area contributed by atoms with Crippen molar-refractivity contribution >= 4 is 29.5 Å². The van der Waals surface area contributed by atoms with Crippen LogP contribution in [0.3, 0.4) is 0 Å². The maximum atomic E-state index is 14.0. The maximum Gasteiger partial charge on any atom is 0.245 e. The Labute approximate surface area is 278 Å². The highest BCUT2D eigenvalue weighted by molar-refractivity contribution is 5.92. The number of hydrogen-bond donors (Lipinski definition) is 3. The summed E-state index contributed by atoms with van der Waals surface area (Å²) in [6, 6.07) is -2.01. The normalized spacial score (nSPS) is 16.3. The van der Waals surface area contributed by atoms with E-state index in [-0.39, 0.29) is 59.8 Å². The van der Waals surface area contributed by atoms with Crippen molar-refractivity contribution in [2.45, 2.75) is 125 Å². The van der Waals surface area contributed by atoms with Crippen molar-refractivity contribution in [3.05, 3.63) is 0 Å². The summed E-state index contributed by atoms with van der Waals surface area (Å²) in [5.74, 6) is -2.48. The fourth-order valence-electron chi connectivity index (χ4n) is 5.88. The van der Waals surface area contributed by atoms with Crippen LogP contribution in [0.2, 0.25) is 0 Å². The number of rotatable bonds is 22. The molecule has 0 aromatic heterocycles. The predicted octanol–water partition coefficient (Wildman–Crippen LogP) is 2.97. The first-order valence-electron chi connectivity index (χ1n) is 16.8. The number of unbranched alkanes of at least 4 members (excludes halogenated alkanes) is 1. The number of nitrogens with zero attached hydrogens (tertiary/aromatic N) is 2. The third kappa shape index (κ3) is 13.2. The van der Waals surface area contributed by atoms with Gasteiger partial charge in [-0.05, 0) is 37.0 Å². The number of likely N-dealkylation sites (N-methyl/N-ethyl adjacent to an activating group) is 2. The number of amides is 5. The molecule has 0 aliphatic carbocycles. The molecule has 0 fully saturated rings. The van der Waals surface area contributed by atoms with Crippen LogP contribution in [-0.2, 0) is 33.4 Å². The molecule has 0 aliphatic heterocycles. The SMILES string of the molecule is CC[C@H](C)[C@@H]([C@@H](CC(=O)NCCCC[C@H](OC)[C@@H](C)C(N)=O)OC)N(C)C(=O)[C@@H](NC(=O)[C@H](C(C)C)N(C)C(=O)C(C)C)C(C)C. The zero-order valence-corrected chi connectivity index (χ0v) is 30.8. The number of hydrogen-bond acceptors (Lipinski definition) is 7. The minimum Gasteiger partial charge on any atom is -0.381 e. The Kier molecular flexibility index (Phi) is 19.9. The van der Waals surface area contributed by atoms with Gasteiger partial charge in [-0.3, -0.25) is 24.0 Å². The van der Waals surface area contributed by atoms with Gasteiger partial charge in [-0.15, -0.1) is 0 Å². The zero-order valence-electron chi connectivity index (χ0n) is 30.8. The average Bonchev–Trinajstić information content (AvgIpc) is 2.99. The molecule has 4 N–H and O–H groups in total. The van der Waals surface area contributed by atoms with Crippen LogP contribution in [0.1, 0.15) is 94.4 Å². The lowest BCUT2D eigenvalue weighted by Crippen LogP contribution is -2.60. The second-order valence-corrected chi connectivity index (χ2v) is 13.6. The predicted molar refractivity (Wildman–Crippen MR) is 180 cm³/mol. The summed E-state index contributed by atoms with van der Waals surface area (Å²) in [6.07, 6.45) is 2.04. The molecule has 0 aliphatic rings. The molecular weight excluding hydrogens is 590 g/mol. The number of primary amides is 1. The summed E-state index contributed by atoms with van der Waals surface area (Å²) in [6.45, 7) is 17.3. The second-order valence-electron chi connectivity index (χ2n) is 13.6. The number of ether oxygens (including phenoxy) is 2. The van der Waals surface area contributed by atoms with Crippen LogP contribution in [0.5, 0.6) is 0 Å². The first-order valence-corrected chi connectivity index (χ1v) is 16.8. The van der Waals surface area contributed by atoms with Crippen molar-refractivity contribution in [3.8, 4) is 0 Å². The van der Waals surface area contributed by atoms with Crippen molar-refractivity contribution in [3.63, 3.8) is 0 Å². The summed E-state index contributed by atoms with van der Waals surface area (Å²) in [5, 5.41) is 5.89. The monoisotopic (exact) mass is 655 g/mol. The van der Waals surface area contributed by atoms with Crippen molar-refractivity contribution in [1.29, 1.82) is 0 Å². The Hall–Kier alpha value is -2.73. The van der Waals surface area contributed by atoms with Gasteiger partial charge in [0.05, 0.1) is 30.6 Å². The number of nitrogens with two attached hydrogens (primary N) is 1. The third-order valence-corrected chi connectivity index (χ3v) is 9.03. The van der Waals surface area contributed by atoms with E-state index in [1.54, 1.807) is 46.9 Å². The minimum atomic E-state index is -0.840. The zero-order chi connectivity index (χ0) is 35.9. The van der Waals surface area contributed by atoms with Gasteiger partial charge in [-0.2, -0.15) is 0 Å². The summed E-state index contributed by atoms with van der Waals surface area (Å²) >= 11 is 0. The first kappa shape index (κ1) is 43.3. The molecular formula is C34H65N5O7. The van der Waals surface area contributed by atoms with Gasteiger partial charge in [0.2, 0.25) is 29.5 Å². The lowest BCUT2D eigenvalue weighted by molar-refractivity contribution is -0.147. The summed E-state index contributed by atoms with van der Waals surface area (Å²) in [7, 11) is 6.41. The lowest BCUT2D eigenvalue weighted by Gasteiger charge is -2.40. The Morgan fingerprint density at radius 3 is 1.78 bits per heavy atom. The smallest absolute Gasteiger partial charge is 0.245 e. The molecule has 0 radical (unpaired) electrons. The number of methoxy groups -OCH3 is 2. The van der Waals surface area contributed by atoms with E-state index in [0.717, 1.165) is 12.8 Å². The molecule has 0 aromatic carbocycles. The molecule has 12 heteroatoms. The van der Waals surface area contributed by atoms with E-state index >= 15 is 0 Å². The van der Waals surface area contributed by atoms with Gasteiger partial charge in [-0.25, -0.2) is 0 Å². The quantitative estimate of drug-likeness (QED) is 0.151. The maximum absolute atomic E-state index is 14.0. The van der Waals surface area contributed by atoms with E-state index in [1.165, 1.54) is 12.0 Å². The molecule has 0 saturated carbocycles. The number of carbonyl (C=O) groups excluding carboxylic acids is 5. The molecule has 0 bridgehead atoms. The largest absolute Gasteiger partial charge is 0.381 e. The van der Waals surface area contributed by atoms with Crippen LogP contribution in [-0.4, -0.2) is 105 Å². The molecule has 0 heterocycles. The summed E-state index contributed by atoms with van der Waals surface area (Å²) < 4.78 is 11.2. The van der Waals surface area contributed by atoms with Crippen LogP contribution in [0, 0.1) is 29.6 Å². The highest BCUT2D eigenvalue weighted by atomic mass is 16.5. The van der Waals surface area contributed by atoms with Crippen LogP contribution < -0.4 is 16.4 Å². The van der Waals surface area contributed by atoms with Crippen LogP contribution >= 0.6 is 0 Å². The van der Waals surface area contributed by atoms with Crippen LogP contribution in [0.15, 0.2) is 0 Å². The van der Waals surface area contributed by atoms with E-state index < -0.39 is 36.1 Å². The topological polar surface area (TPSA) is 160 Å². The number of nitrogens with one attached hydrogen (secondary N) is 2. The molecule has 0 saturated heterocycles. The summed E-state index contributed by atoms with van der Waals surface area (Å²) in [5.41, 5.74) is 5.40.